The van der Waals surface area contributed by atoms with Gasteiger partial charge in [0.2, 0.25) is 0 Å². The highest BCUT2D eigenvalue weighted by atomic mass is 19.4. The number of carboxylic acid groups (broad SMARTS) is 3. The zero-order valence-electron chi connectivity index (χ0n) is 32.0. The van der Waals surface area contributed by atoms with Crippen LogP contribution in [0.2, 0.25) is 0 Å². The van der Waals surface area contributed by atoms with Gasteiger partial charge in [-0.3, -0.25) is 14.5 Å². The Hall–Kier alpha value is -5.25. The van der Waals surface area contributed by atoms with Crippen LogP contribution in [0.25, 0.3) is 0 Å². The van der Waals surface area contributed by atoms with Gasteiger partial charge in [-0.25, -0.2) is 19.7 Å². The Morgan fingerprint density at radius 2 is 1.39 bits per heavy atom. The number of benzene rings is 1. The molecule has 59 heavy (non-hydrogen) atoms. The molecular formula is C37H43F9N6O7. The largest absolute Gasteiger partial charge is 0.481 e. The first-order valence-corrected chi connectivity index (χ1v) is 18.0. The van der Waals surface area contributed by atoms with Crippen LogP contribution in [-0.4, -0.2) is 81.3 Å². The second-order valence-corrected chi connectivity index (χ2v) is 13.7. The maximum Gasteiger partial charge on any atom is 0.433 e. The molecule has 1 aliphatic heterocycles. The Balaban J connectivity index is 0.000000526. The molecule has 3 heterocycles. The van der Waals surface area contributed by atoms with Crippen molar-refractivity contribution in [1.82, 2.24) is 15.0 Å². The van der Waals surface area contributed by atoms with E-state index in [1.807, 2.05) is 0 Å². The molecule has 1 aliphatic rings. The third-order valence-corrected chi connectivity index (χ3v) is 9.19. The molecule has 3 aromatic rings. The van der Waals surface area contributed by atoms with Gasteiger partial charge >= 0.3 is 36.6 Å². The average Bonchev–Trinajstić information content (AvgIpc) is 3.12. The Labute approximate surface area is 332 Å². The summed E-state index contributed by atoms with van der Waals surface area (Å²) < 4.78 is 127. The van der Waals surface area contributed by atoms with E-state index in [1.54, 1.807) is 0 Å². The monoisotopic (exact) mass is 854 g/mol. The Kier molecular flexibility index (Phi) is 16.0. The van der Waals surface area contributed by atoms with Crippen molar-refractivity contribution >= 4 is 29.4 Å². The number of ether oxygens (including phenoxy) is 1. The van der Waals surface area contributed by atoms with Crippen LogP contribution < -0.4 is 15.5 Å². The summed E-state index contributed by atoms with van der Waals surface area (Å²) in [5, 5.41) is 26.7. The molecule has 13 nitrogen and oxygen atoms in total. The lowest BCUT2D eigenvalue weighted by Crippen LogP contribution is -2.64. The summed E-state index contributed by atoms with van der Waals surface area (Å²) in [6.07, 6.45) is -13.3. The predicted octanol–water partition coefficient (Wildman–Crippen LogP) is 7.99. The van der Waals surface area contributed by atoms with Gasteiger partial charge in [-0.2, -0.15) is 39.5 Å². The number of nitrogens with zero attached hydrogens (tertiary/aromatic N) is 5. The van der Waals surface area contributed by atoms with E-state index in [2.05, 4.69) is 15.0 Å². The van der Waals surface area contributed by atoms with Gasteiger partial charge in [0.25, 0.3) is 0 Å². The van der Waals surface area contributed by atoms with Crippen molar-refractivity contribution < 1.29 is 74.0 Å². The lowest BCUT2D eigenvalue weighted by Gasteiger charge is -2.47. The normalized spacial score (nSPS) is 16.8. The topological polar surface area (TPSA) is 192 Å². The summed E-state index contributed by atoms with van der Waals surface area (Å²) in [5.41, 5.74) is -0.197. The van der Waals surface area contributed by atoms with Gasteiger partial charge in [-0.15, -0.1) is 0 Å². The fourth-order valence-corrected chi connectivity index (χ4v) is 6.23. The summed E-state index contributed by atoms with van der Waals surface area (Å²) >= 11 is 0. The van der Waals surface area contributed by atoms with Crippen molar-refractivity contribution in [3.63, 3.8) is 0 Å². The fraction of sp³-hybridized carbons (Fsp3) is 0.514. The van der Waals surface area contributed by atoms with Crippen molar-refractivity contribution in [2.45, 2.75) is 94.8 Å². The number of hydrogen-bond acceptors (Lipinski definition) is 9. The van der Waals surface area contributed by atoms with Crippen LogP contribution in [0.1, 0.15) is 97.4 Å². The molecule has 1 aromatic carbocycles. The lowest BCUT2D eigenvalue weighted by atomic mass is 9.80. The van der Waals surface area contributed by atoms with Crippen LogP contribution in [0.3, 0.4) is 0 Å². The Morgan fingerprint density at radius 1 is 0.847 bits per heavy atom. The van der Waals surface area contributed by atoms with E-state index in [1.165, 1.54) is 32.1 Å². The summed E-state index contributed by atoms with van der Waals surface area (Å²) in [5.74, 6) is -2.96. The number of halogens is 9. The molecule has 0 saturated heterocycles. The standard InChI is InChI=1S/C27H25F9N6O2.C10H18O5/c1-4-24(37)16(11-18-19(42(24)23(43)44)5-6-21(39-18)27(34,35)36)22-38-12-20(41(2)3)17(40-22)9-13-7-14(25(28,29)30)10-15(8-13)26(31,32)33;11-9(12)5-1-3-7-15-8-4-2-6-10(13)14/h5-8,10,12,16H,4,9,11,37H2,1-3H3,(H,43,44);1-8H2,(H,11,12)(H,13,14). The summed E-state index contributed by atoms with van der Waals surface area (Å²) in [6.45, 7) is 2.64. The number of anilines is 2. The number of carboxylic acids is 2. The van der Waals surface area contributed by atoms with Gasteiger partial charge in [0.05, 0.1) is 46.0 Å². The predicted molar refractivity (Wildman–Crippen MR) is 193 cm³/mol. The molecule has 1 amide bonds. The van der Waals surface area contributed by atoms with Crippen molar-refractivity contribution in [3.05, 3.63) is 76.1 Å². The van der Waals surface area contributed by atoms with Crippen molar-refractivity contribution in [2.24, 2.45) is 5.73 Å². The molecule has 0 spiro atoms. The number of aliphatic carboxylic acids is 2. The minimum Gasteiger partial charge on any atom is -0.481 e. The molecule has 2 aromatic heterocycles. The van der Waals surface area contributed by atoms with Crippen LogP contribution in [0.15, 0.2) is 36.5 Å². The molecule has 5 N–H and O–H groups in total. The first-order valence-electron chi connectivity index (χ1n) is 18.0. The van der Waals surface area contributed by atoms with Crippen LogP contribution in [0.4, 0.5) is 55.7 Å². The molecule has 2 atom stereocenters. The zero-order valence-corrected chi connectivity index (χ0v) is 32.0. The molecule has 4 rings (SSSR count). The van der Waals surface area contributed by atoms with Gasteiger partial charge in [0.1, 0.15) is 17.2 Å². The number of nitrogens with two attached hydrogens (primary N) is 1. The summed E-state index contributed by atoms with van der Waals surface area (Å²) in [4.78, 5) is 47.1. The molecule has 0 fully saturated rings. The Morgan fingerprint density at radius 3 is 1.83 bits per heavy atom. The van der Waals surface area contributed by atoms with E-state index in [4.69, 9.17) is 20.7 Å². The quantitative estimate of drug-likeness (QED) is 0.0853. The highest BCUT2D eigenvalue weighted by Gasteiger charge is 2.50. The maximum absolute atomic E-state index is 13.5. The van der Waals surface area contributed by atoms with Gasteiger partial charge in [0, 0.05) is 53.0 Å². The van der Waals surface area contributed by atoms with Crippen molar-refractivity contribution in [3.8, 4) is 0 Å². The minimum atomic E-state index is -5.09. The number of carbonyl (C=O) groups is 3. The van der Waals surface area contributed by atoms with Crippen molar-refractivity contribution in [1.29, 1.82) is 0 Å². The molecule has 326 valence electrons. The molecule has 0 aliphatic carbocycles. The smallest absolute Gasteiger partial charge is 0.433 e. The molecule has 22 heteroatoms. The molecule has 0 saturated carbocycles. The third-order valence-electron chi connectivity index (χ3n) is 9.19. The van der Waals surface area contributed by atoms with E-state index in [0.717, 1.165) is 18.9 Å². The minimum absolute atomic E-state index is 0.00600. The van der Waals surface area contributed by atoms with E-state index in [0.29, 0.717) is 49.2 Å². The highest BCUT2D eigenvalue weighted by molar-refractivity contribution is 5.89. The van der Waals surface area contributed by atoms with E-state index < -0.39 is 71.4 Å². The second-order valence-electron chi connectivity index (χ2n) is 13.7. The van der Waals surface area contributed by atoms with Gasteiger partial charge < -0.3 is 30.7 Å². The Bertz CT molecular complexity index is 1890. The number of fused-ring (bicyclic) bond motifs is 1. The van der Waals surface area contributed by atoms with E-state index in [-0.39, 0.29) is 65.9 Å². The van der Waals surface area contributed by atoms with E-state index >= 15 is 0 Å². The zero-order chi connectivity index (χ0) is 44.5. The molecule has 0 bridgehead atoms. The van der Waals surface area contributed by atoms with Gasteiger partial charge in [-0.1, -0.05) is 6.92 Å². The number of hydrogen-bond donors (Lipinski definition) is 4. The number of pyridine rings is 1. The number of amides is 1. The van der Waals surface area contributed by atoms with Crippen LogP contribution in [0.5, 0.6) is 0 Å². The molecular weight excluding hydrogens is 811 g/mol. The maximum atomic E-state index is 13.5. The average molecular weight is 855 g/mol. The van der Waals surface area contributed by atoms with Crippen LogP contribution >= 0.6 is 0 Å². The number of rotatable bonds is 15. The first kappa shape index (κ1) is 48.1. The lowest BCUT2D eigenvalue weighted by molar-refractivity contribution is -0.143. The second kappa shape index (κ2) is 19.7. The SMILES string of the molecule is CCC1(N)C(c2ncc(N(C)C)c(Cc3cc(C(F)(F)F)cc(C(F)(F)F)c3)n2)Cc2nc(C(F)(F)F)ccc2N1C(=O)O.O=C(O)CCCCOCCCCC(=O)O. The number of alkyl halides is 9. The van der Waals surface area contributed by atoms with Gasteiger partial charge in [0.15, 0.2) is 0 Å². The highest BCUT2D eigenvalue weighted by Crippen LogP contribution is 2.45. The van der Waals surface area contributed by atoms with Gasteiger partial charge in [-0.05, 0) is 68.0 Å². The fourth-order valence-electron chi connectivity index (χ4n) is 6.23. The van der Waals surface area contributed by atoms with Crippen LogP contribution in [-0.2, 0) is 45.7 Å². The van der Waals surface area contributed by atoms with Crippen LogP contribution in [0, 0.1) is 0 Å². The summed E-state index contributed by atoms with van der Waals surface area (Å²) in [7, 11) is 3.06. The van der Waals surface area contributed by atoms with Crippen molar-refractivity contribution in [2.75, 3.05) is 37.1 Å². The number of aromatic nitrogens is 3. The molecule has 2 unspecified atom stereocenters. The van der Waals surface area contributed by atoms with E-state index in [9.17, 15) is 59.0 Å². The summed E-state index contributed by atoms with van der Waals surface area (Å²) in [6, 6.07) is 2.67. The third kappa shape index (κ3) is 13.1. The number of unbranched alkanes of at least 4 members (excludes halogenated alkanes) is 2. The first-order chi connectivity index (χ1) is 27.3. The molecule has 0 radical (unpaired) electrons.